The van der Waals surface area contributed by atoms with E-state index >= 15 is 0 Å². The zero-order chi connectivity index (χ0) is 19.2. The summed E-state index contributed by atoms with van der Waals surface area (Å²) >= 11 is 1.63. The van der Waals surface area contributed by atoms with Crippen LogP contribution in [-0.4, -0.2) is 30.0 Å². The van der Waals surface area contributed by atoms with Crippen LogP contribution >= 0.6 is 11.3 Å². The number of carbonyl (C=O) groups excluding carboxylic acids is 2. The van der Waals surface area contributed by atoms with Crippen molar-refractivity contribution in [1.29, 1.82) is 0 Å². The lowest BCUT2D eigenvalue weighted by atomic mass is 9.95. The third kappa shape index (κ3) is 4.66. The van der Waals surface area contributed by atoms with Crippen molar-refractivity contribution in [2.45, 2.75) is 44.6 Å². The number of aromatic nitrogens is 1. The van der Waals surface area contributed by atoms with E-state index in [1.54, 1.807) is 23.7 Å². The zero-order valence-corrected chi connectivity index (χ0v) is 16.3. The normalized spacial score (nSPS) is 14.7. The summed E-state index contributed by atoms with van der Waals surface area (Å²) in [6, 6.07) is 4.21. The Morgan fingerprint density at radius 1 is 1.15 bits per heavy atom. The molecule has 2 aromatic heterocycles. The van der Waals surface area contributed by atoms with Crippen LogP contribution in [0.5, 0.6) is 0 Å². The Labute approximate surface area is 162 Å². The fourth-order valence-electron chi connectivity index (χ4n) is 3.50. The third-order valence-electron chi connectivity index (χ3n) is 5.00. The first-order chi connectivity index (χ1) is 13.1. The van der Waals surface area contributed by atoms with Gasteiger partial charge in [0, 0.05) is 36.9 Å². The molecule has 27 heavy (non-hydrogen) atoms. The fraction of sp³-hybridized carbons (Fsp3) is 0.450. The SMILES string of the molecule is CNC(=O)c1cn(C2CCCCC2)cc(C(=O)NCCc2cccs2)c1=O. The van der Waals surface area contributed by atoms with Crippen molar-refractivity contribution in [3.05, 3.63) is 56.1 Å². The maximum absolute atomic E-state index is 12.7. The van der Waals surface area contributed by atoms with Crippen molar-refractivity contribution < 1.29 is 9.59 Å². The van der Waals surface area contributed by atoms with Gasteiger partial charge in [0.25, 0.3) is 11.8 Å². The van der Waals surface area contributed by atoms with Crippen LogP contribution < -0.4 is 16.1 Å². The molecular weight excluding hydrogens is 362 g/mol. The predicted molar refractivity (Wildman–Crippen MR) is 107 cm³/mol. The average molecular weight is 388 g/mol. The van der Waals surface area contributed by atoms with E-state index in [0.29, 0.717) is 6.54 Å². The van der Waals surface area contributed by atoms with E-state index in [1.165, 1.54) is 18.3 Å². The minimum atomic E-state index is -0.518. The number of nitrogens with one attached hydrogen (secondary N) is 2. The van der Waals surface area contributed by atoms with Crippen LogP contribution in [0.25, 0.3) is 0 Å². The second kappa shape index (κ2) is 8.99. The van der Waals surface area contributed by atoms with Crippen molar-refractivity contribution in [1.82, 2.24) is 15.2 Å². The minimum Gasteiger partial charge on any atom is -0.355 e. The van der Waals surface area contributed by atoms with Gasteiger partial charge in [0.2, 0.25) is 5.43 Å². The molecular formula is C20H25N3O3S. The van der Waals surface area contributed by atoms with Gasteiger partial charge in [-0.05, 0) is 30.7 Å². The lowest BCUT2D eigenvalue weighted by molar-refractivity contribution is 0.0951. The van der Waals surface area contributed by atoms with Crippen molar-refractivity contribution in [2.75, 3.05) is 13.6 Å². The molecule has 0 radical (unpaired) electrons. The van der Waals surface area contributed by atoms with E-state index in [9.17, 15) is 14.4 Å². The van der Waals surface area contributed by atoms with Gasteiger partial charge in [0.15, 0.2) is 0 Å². The number of amides is 2. The molecule has 7 heteroatoms. The first-order valence-corrected chi connectivity index (χ1v) is 10.3. The van der Waals surface area contributed by atoms with Gasteiger partial charge in [-0.25, -0.2) is 0 Å². The molecule has 0 saturated heterocycles. The van der Waals surface area contributed by atoms with Gasteiger partial charge in [-0.15, -0.1) is 11.3 Å². The molecule has 1 aliphatic carbocycles. The Morgan fingerprint density at radius 2 is 1.85 bits per heavy atom. The smallest absolute Gasteiger partial charge is 0.256 e. The van der Waals surface area contributed by atoms with Crippen LogP contribution in [0.3, 0.4) is 0 Å². The summed E-state index contributed by atoms with van der Waals surface area (Å²) in [4.78, 5) is 38.7. The molecule has 0 unspecified atom stereocenters. The molecule has 0 atom stereocenters. The number of pyridine rings is 1. The molecule has 144 valence electrons. The molecule has 1 saturated carbocycles. The van der Waals surface area contributed by atoms with Crippen LogP contribution in [0.15, 0.2) is 34.7 Å². The molecule has 2 aromatic rings. The molecule has 0 spiro atoms. The van der Waals surface area contributed by atoms with Crippen LogP contribution in [0.1, 0.15) is 63.7 Å². The van der Waals surface area contributed by atoms with Crippen LogP contribution in [0.4, 0.5) is 0 Å². The highest BCUT2D eigenvalue weighted by atomic mass is 32.1. The summed E-state index contributed by atoms with van der Waals surface area (Å²) in [5.74, 6) is -0.885. The van der Waals surface area contributed by atoms with Crippen molar-refractivity contribution in [2.24, 2.45) is 0 Å². The number of carbonyl (C=O) groups is 2. The first-order valence-electron chi connectivity index (χ1n) is 9.38. The van der Waals surface area contributed by atoms with E-state index in [2.05, 4.69) is 10.6 Å². The fourth-order valence-corrected chi connectivity index (χ4v) is 4.20. The molecule has 2 N–H and O–H groups in total. The molecule has 0 aromatic carbocycles. The van der Waals surface area contributed by atoms with Crippen LogP contribution in [-0.2, 0) is 6.42 Å². The lowest BCUT2D eigenvalue weighted by Gasteiger charge is -2.25. The average Bonchev–Trinajstić information content (AvgIpc) is 3.21. The number of thiophene rings is 1. The zero-order valence-electron chi connectivity index (χ0n) is 15.5. The quantitative estimate of drug-likeness (QED) is 0.800. The Balaban J connectivity index is 1.83. The summed E-state index contributed by atoms with van der Waals surface area (Å²) < 4.78 is 1.89. The van der Waals surface area contributed by atoms with E-state index in [1.807, 2.05) is 22.1 Å². The Kier molecular flexibility index (Phi) is 6.45. The monoisotopic (exact) mass is 387 g/mol. The topological polar surface area (TPSA) is 80.2 Å². The van der Waals surface area contributed by atoms with E-state index < -0.39 is 17.2 Å². The minimum absolute atomic E-state index is 0.0222. The first kappa shape index (κ1) is 19.4. The largest absolute Gasteiger partial charge is 0.355 e. The molecule has 3 rings (SSSR count). The lowest BCUT2D eigenvalue weighted by Crippen LogP contribution is -2.35. The molecule has 0 bridgehead atoms. The molecule has 2 heterocycles. The number of hydrogen-bond donors (Lipinski definition) is 2. The van der Waals surface area contributed by atoms with Crippen LogP contribution in [0.2, 0.25) is 0 Å². The highest BCUT2D eigenvalue weighted by molar-refractivity contribution is 7.09. The van der Waals surface area contributed by atoms with Gasteiger partial charge in [-0.2, -0.15) is 0 Å². The van der Waals surface area contributed by atoms with Gasteiger partial charge in [0.05, 0.1) is 0 Å². The summed E-state index contributed by atoms with van der Waals surface area (Å²) in [6.45, 7) is 0.451. The molecule has 6 nitrogen and oxygen atoms in total. The van der Waals surface area contributed by atoms with Gasteiger partial charge >= 0.3 is 0 Å². The van der Waals surface area contributed by atoms with Crippen molar-refractivity contribution in [3.63, 3.8) is 0 Å². The van der Waals surface area contributed by atoms with Crippen molar-refractivity contribution in [3.8, 4) is 0 Å². The Morgan fingerprint density at radius 3 is 2.48 bits per heavy atom. The molecule has 0 aliphatic heterocycles. The number of rotatable bonds is 6. The second-order valence-electron chi connectivity index (χ2n) is 6.82. The maximum Gasteiger partial charge on any atom is 0.256 e. The maximum atomic E-state index is 12.7. The molecule has 1 aliphatic rings. The Bertz CT molecular complexity index is 852. The number of hydrogen-bond acceptors (Lipinski definition) is 4. The summed E-state index contributed by atoms with van der Waals surface area (Å²) in [7, 11) is 1.49. The summed E-state index contributed by atoms with van der Waals surface area (Å²) in [5.41, 5.74) is -0.461. The predicted octanol–water partition coefficient (Wildman–Crippen LogP) is 2.75. The van der Waals surface area contributed by atoms with Crippen molar-refractivity contribution >= 4 is 23.2 Å². The third-order valence-corrected chi connectivity index (χ3v) is 5.93. The highest BCUT2D eigenvalue weighted by Crippen LogP contribution is 2.28. The standard InChI is InChI=1S/C20H25N3O3S/c1-21-19(25)16-12-23(14-6-3-2-4-7-14)13-17(18(16)24)20(26)22-10-9-15-8-5-11-27-15/h5,8,11-14H,2-4,6-7,9-10H2,1H3,(H,21,25)(H,22,26). The summed E-state index contributed by atoms with van der Waals surface area (Å²) in [5, 5.41) is 7.31. The van der Waals surface area contributed by atoms with E-state index in [4.69, 9.17) is 0 Å². The van der Waals surface area contributed by atoms with Crippen LogP contribution in [0, 0.1) is 0 Å². The van der Waals surface area contributed by atoms with Gasteiger partial charge < -0.3 is 15.2 Å². The van der Waals surface area contributed by atoms with Gasteiger partial charge in [-0.1, -0.05) is 25.3 Å². The highest BCUT2D eigenvalue weighted by Gasteiger charge is 2.22. The van der Waals surface area contributed by atoms with Gasteiger partial charge in [-0.3, -0.25) is 14.4 Å². The Hall–Kier alpha value is -2.41. The van der Waals surface area contributed by atoms with Gasteiger partial charge in [0.1, 0.15) is 11.1 Å². The number of nitrogens with zero attached hydrogens (tertiary/aromatic N) is 1. The second-order valence-corrected chi connectivity index (χ2v) is 7.85. The molecule has 1 fully saturated rings. The van der Waals surface area contributed by atoms with E-state index in [-0.39, 0.29) is 17.2 Å². The van der Waals surface area contributed by atoms with E-state index in [0.717, 1.165) is 32.1 Å². The molecule has 2 amide bonds. The summed E-state index contributed by atoms with van der Waals surface area (Å²) in [6.07, 6.45) is 9.36.